The van der Waals surface area contributed by atoms with Crippen molar-refractivity contribution in [3.8, 4) is 0 Å². The predicted octanol–water partition coefficient (Wildman–Crippen LogP) is 3.54. The molecule has 0 saturated heterocycles. The lowest BCUT2D eigenvalue weighted by Gasteiger charge is -2.10. The van der Waals surface area contributed by atoms with Crippen LogP contribution in [0.15, 0.2) is 46.7 Å². The van der Waals surface area contributed by atoms with Crippen molar-refractivity contribution in [2.75, 3.05) is 5.75 Å². The van der Waals surface area contributed by atoms with Crippen LogP contribution in [0.1, 0.15) is 5.56 Å². The molecular formula is C15H12ClF3N4O2S2. The molecule has 3 aromatic rings. The molecule has 0 radical (unpaired) electrons. The fourth-order valence-electron chi connectivity index (χ4n) is 2.31. The molecule has 0 atom stereocenters. The molecule has 1 aromatic carbocycles. The van der Waals surface area contributed by atoms with Crippen LogP contribution in [0.4, 0.5) is 13.2 Å². The summed E-state index contributed by atoms with van der Waals surface area (Å²) >= 11 is 6.89. The number of para-hydroxylation sites is 2. The molecule has 0 amide bonds. The number of hydrogen-bond acceptors (Lipinski definition) is 5. The smallest absolute Gasteiger partial charge is 0.318 e. The van der Waals surface area contributed by atoms with Gasteiger partial charge in [0, 0.05) is 12.7 Å². The van der Waals surface area contributed by atoms with E-state index in [1.807, 2.05) is 0 Å². The second-order valence-electron chi connectivity index (χ2n) is 5.51. The van der Waals surface area contributed by atoms with E-state index in [9.17, 15) is 21.6 Å². The minimum absolute atomic E-state index is 0.0277. The molecule has 0 aliphatic heterocycles. The van der Waals surface area contributed by atoms with E-state index in [2.05, 4.69) is 9.97 Å². The average Bonchev–Trinajstić information content (AvgIpc) is 2.90. The molecule has 12 heteroatoms. The zero-order valence-corrected chi connectivity index (χ0v) is 15.8. The van der Waals surface area contributed by atoms with Crippen LogP contribution in [-0.2, 0) is 22.7 Å². The summed E-state index contributed by atoms with van der Waals surface area (Å²) in [5.74, 6) is -0.324. The maximum atomic E-state index is 12.8. The van der Waals surface area contributed by atoms with Crippen molar-refractivity contribution < 1.29 is 21.6 Å². The first-order chi connectivity index (χ1) is 12.5. The third kappa shape index (κ3) is 4.72. The number of aryl methyl sites for hydroxylation is 1. The van der Waals surface area contributed by atoms with Gasteiger partial charge in [-0.2, -0.15) is 13.2 Å². The first-order valence-corrected chi connectivity index (χ1v) is 10.3. The van der Waals surface area contributed by atoms with Crippen molar-refractivity contribution in [2.24, 2.45) is 5.14 Å². The van der Waals surface area contributed by atoms with Crippen LogP contribution in [0.3, 0.4) is 0 Å². The average molecular weight is 437 g/mol. The second-order valence-corrected chi connectivity index (χ2v) is 8.61. The summed E-state index contributed by atoms with van der Waals surface area (Å²) in [5.41, 5.74) is 0.295. The van der Waals surface area contributed by atoms with Crippen molar-refractivity contribution in [1.82, 2.24) is 14.5 Å². The van der Waals surface area contributed by atoms with Crippen LogP contribution >= 0.6 is 23.4 Å². The predicted molar refractivity (Wildman–Crippen MR) is 96.1 cm³/mol. The maximum Gasteiger partial charge on any atom is 0.417 e. The molecule has 0 aliphatic rings. The lowest BCUT2D eigenvalue weighted by molar-refractivity contribution is -0.137. The Balaban J connectivity index is 1.99. The molecule has 0 bridgehead atoms. The number of benzene rings is 1. The van der Waals surface area contributed by atoms with Crippen LogP contribution in [0, 0.1) is 0 Å². The Kier molecular flexibility index (Phi) is 5.39. The lowest BCUT2D eigenvalue weighted by atomic mass is 10.3. The number of imidazole rings is 1. The molecule has 0 saturated carbocycles. The fraction of sp³-hybridized carbons (Fsp3) is 0.200. The molecule has 0 unspecified atom stereocenters. The topological polar surface area (TPSA) is 90.9 Å². The zero-order valence-electron chi connectivity index (χ0n) is 13.4. The Morgan fingerprint density at radius 2 is 1.96 bits per heavy atom. The summed E-state index contributed by atoms with van der Waals surface area (Å²) in [4.78, 5) is 8.17. The van der Waals surface area contributed by atoms with Gasteiger partial charge in [0.2, 0.25) is 10.0 Å². The van der Waals surface area contributed by atoms with E-state index in [0.717, 1.165) is 17.8 Å². The highest BCUT2D eigenvalue weighted by Crippen LogP contribution is 2.36. The summed E-state index contributed by atoms with van der Waals surface area (Å²) in [6, 6.07) is 7.78. The second kappa shape index (κ2) is 7.30. The van der Waals surface area contributed by atoms with Crippen molar-refractivity contribution >= 4 is 44.4 Å². The number of rotatable bonds is 5. The number of primary sulfonamides is 1. The molecule has 2 aromatic heterocycles. The normalized spacial score (nSPS) is 12.6. The summed E-state index contributed by atoms with van der Waals surface area (Å²) in [7, 11) is -3.71. The van der Waals surface area contributed by atoms with E-state index >= 15 is 0 Å². The molecule has 6 nitrogen and oxygen atoms in total. The van der Waals surface area contributed by atoms with Crippen LogP contribution in [0.5, 0.6) is 0 Å². The number of aromatic nitrogens is 3. The summed E-state index contributed by atoms with van der Waals surface area (Å²) < 4.78 is 62.5. The third-order valence-corrected chi connectivity index (χ3v) is 5.71. The molecule has 3 rings (SSSR count). The van der Waals surface area contributed by atoms with Gasteiger partial charge in [-0.05, 0) is 30.0 Å². The van der Waals surface area contributed by atoms with E-state index in [-0.39, 0.29) is 22.3 Å². The van der Waals surface area contributed by atoms with Crippen molar-refractivity contribution in [1.29, 1.82) is 0 Å². The van der Waals surface area contributed by atoms with Crippen LogP contribution in [0.2, 0.25) is 5.02 Å². The number of pyridine rings is 1. The lowest BCUT2D eigenvalue weighted by Crippen LogP contribution is -2.20. The van der Waals surface area contributed by atoms with Gasteiger partial charge in [0.05, 0.1) is 27.4 Å². The Morgan fingerprint density at radius 3 is 2.59 bits per heavy atom. The van der Waals surface area contributed by atoms with Gasteiger partial charge in [-0.1, -0.05) is 23.7 Å². The minimum atomic E-state index is -4.55. The molecule has 2 N–H and O–H groups in total. The molecule has 27 heavy (non-hydrogen) atoms. The largest absolute Gasteiger partial charge is 0.417 e. The quantitative estimate of drug-likeness (QED) is 0.660. The molecule has 144 valence electrons. The molecule has 2 heterocycles. The Labute approximate surface area is 161 Å². The SMILES string of the molecule is NS(=O)(=O)CCn1c(Sc2ncc(C(F)(F)F)cc2Cl)nc2ccccc21. The number of nitrogens with zero attached hydrogens (tertiary/aromatic N) is 3. The van der Waals surface area contributed by atoms with Gasteiger partial charge in [0.25, 0.3) is 0 Å². The Hall–Kier alpha value is -1.82. The summed E-state index contributed by atoms with van der Waals surface area (Å²) in [6.07, 6.45) is -3.87. The molecule has 0 fully saturated rings. The Morgan fingerprint density at radius 1 is 1.26 bits per heavy atom. The highest BCUT2D eigenvalue weighted by molar-refractivity contribution is 7.99. The molecular weight excluding hydrogens is 425 g/mol. The van der Waals surface area contributed by atoms with E-state index in [4.69, 9.17) is 16.7 Å². The molecule has 0 aliphatic carbocycles. The van der Waals surface area contributed by atoms with Gasteiger partial charge >= 0.3 is 6.18 Å². The summed E-state index contributed by atoms with van der Waals surface area (Å²) in [6.45, 7) is 0.0277. The highest BCUT2D eigenvalue weighted by atomic mass is 35.5. The number of fused-ring (bicyclic) bond motifs is 1. The number of halogens is 4. The number of hydrogen-bond donors (Lipinski definition) is 1. The van der Waals surface area contributed by atoms with Gasteiger partial charge in [-0.15, -0.1) is 0 Å². The third-order valence-electron chi connectivity index (χ3n) is 3.54. The Bertz CT molecular complexity index is 1100. The number of nitrogens with two attached hydrogens (primary N) is 1. The van der Waals surface area contributed by atoms with Crippen LogP contribution < -0.4 is 5.14 Å². The summed E-state index contributed by atoms with van der Waals surface area (Å²) in [5, 5.41) is 5.36. The monoisotopic (exact) mass is 436 g/mol. The van der Waals surface area contributed by atoms with Gasteiger partial charge in [-0.25, -0.2) is 23.5 Å². The minimum Gasteiger partial charge on any atom is -0.318 e. The highest BCUT2D eigenvalue weighted by Gasteiger charge is 2.31. The van der Waals surface area contributed by atoms with E-state index in [0.29, 0.717) is 22.4 Å². The van der Waals surface area contributed by atoms with E-state index in [1.54, 1.807) is 28.8 Å². The van der Waals surface area contributed by atoms with E-state index in [1.165, 1.54) is 0 Å². The van der Waals surface area contributed by atoms with Crippen LogP contribution in [0.25, 0.3) is 11.0 Å². The van der Waals surface area contributed by atoms with Gasteiger partial charge in [0.15, 0.2) is 5.16 Å². The van der Waals surface area contributed by atoms with Gasteiger partial charge in [-0.3, -0.25) is 0 Å². The standard InChI is InChI=1S/C15H12ClF3N4O2S2/c16-10-7-9(15(17,18)19)8-21-13(10)26-14-22-11-3-1-2-4-12(11)23(14)5-6-27(20,24)25/h1-4,7-8H,5-6H2,(H2,20,24,25). The van der Waals surface area contributed by atoms with E-state index < -0.39 is 21.8 Å². The van der Waals surface area contributed by atoms with Crippen molar-refractivity contribution in [3.05, 3.63) is 47.1 Å². The van der Waals surface area contributed by atoms with Crippen LogP contribution in [-0.4, -0.2) is 28.7 Å². The first kappa shape index (κ1) is 19.9. The van der Waals surface area contributed by atoms with Crippen molar-refractivity contribution in [3.63, 3.8) is 0 Å². The maximum absolute atomic E-state index is 12.8. The number of sulfonamides is 1. The number of alkyl halides is 3. The van der Waals surface area contributed by atoms with Gasteiger partial charge in [0.1, 0.15) is 5.03 Å². The fourth-order valence-corrected chi connectivity index (χ4v) is 3.91. The molecule has 0 spiro atoms. The first-order valence-electron chi connectivity index (χ1n) is 7.41. The van der Waals surface area contributed by atoms with Gasteiger partial charge < -0.3 is 4.57 Å². The zero-order chi connectivity index (χ0) is 19.8. The van der Waals surface area contributed by atoms with Crippen molar-refractivity contribution in [2.45, 2.75) is 22.9 Å².